The molecule has 2 rings (SSSR count). The van der Waals surface area contributed by atoms with E-state index in [1.165, 1.54) is 11.1 Å². The van der Waals surface area contributed by atoms with Crippen LogP contribution < -0.4 is 10.2 Å². The maximum absolute atomic E-state index is 12.7. The fourth-order valence-electron chi connectivity index (χ4n) is 1.91. The first-order chi connectivity index (χ1) is 9.36. The fraction of sp³-hybridized carbons (Fsp3) is 0.667. The van der Waals surface area contributed by atoms with Gasteiger partial charge < -0.3 is 15.0 Å². The van der Waals surface area contributed by atoms with Gasteiger partial charge in [0.05, 0.1) is 13.2 Å². The van der Waals surface area contributed by atoms with Gasteiger partial charge in [-0.25, -0.2) is 4.98 Å². The molecule has 0 bridgehead atoms. The van der Waals surface area contributed by atoms with Crippen LogP contribution in [-0.4, -0.2) is 48.0 Å². The zero-order valence-corrected chi connectivity index (χ0v) is 11.3. The highest BCUT2D eigenvalue weighted by Crippen LogP contribution is 2.27. The Labute approximate surface area is 115 Å². The van der Waals surface area contributed by atoms with Gasteiger partial charge in [-0.2, -0.15) is 18.2 Å². The SMILES string of the molecule is CC(C)Nc1ccnc(N2CCOC(C(F)(F)F)C2)n1. The standard InChI is InChI=1S/C12H17F3N4O/c1-8(2)17-10-3-4-16-11(18-10)19-5-6-20-9(7-19)12(13,14)15/h3-4,8-9H,5-7H2,1-2H3,(H,16,17,18). The Kier molecular flexibility index (Phi) is 4.32. The predicted molar refractivity (Wildman–Crippen MR) is 68.8 cm³/mol. The van der Waals surface area contributed by atoms with Crippen molar-refractivity contribution >= 4 is 11.8 Å². The van der Waals surface area contributed by atoms with Crippen LogP contribution in [0, 0.1) is 0 Å². The first kappa shape index (κ1) is 14.8. The number of rotatable bonds is 3. The smallest absolute Gasteiger partial charge is 0.368 e. The van der Waals surface area contributed by atoms with Crippen LogP contribution in [-0.2, 0) is 4.74 Å². The molecule has 1 aliphatic heterocycles. The Morgan fingerprint density at radius 1 is 1.45 bits per heavy atom. The van der Waals surface area contributed by atoms with E-state index >= 15 is 0 Å². The van der Waals surface area contributed by atoms with Crippen molar-refractivity contribution < 1.29 is 17.9 Å². The summed E-state index contributed by atoms with van der Waals surface area (Å²) in [6, 6.07) is 1.87. The monoisotopic (exact) mass is 290 g/mol. The minimum absolute atomic E-state index is 0.00930. The summed E-state index contributed by atoms with van der Waals surface area (Å²) in [5, 5.41) is 3.09. The number of ether oxygens (including phenoxy) is 1. The molecule has 1 saturated heterocycles. The van der Waals surface area contributed by atoms with Gasteiger partial charge in [0, 0.05) is 18.8 Å². The van der Waals surface area contributed by atoms with Gasteiger partial charge >= 0.3 is 6.18 Å². The molecule has 1 atom stereocenters. The molecular formula is C12H17F3N4O. The topological polar surface area (TPSA) is 50.3 Å². The lowest BCUT2D eigenvalue weighted by Crippen LogP contribution is -2.49. The Morgan fingerprint density at radius 2 is 2.20 bits per heavy atom. The van der Waals surface area contributed by atoms with E-state index in [2.05, 4.69) is 15.3 Å². The van der Waals surface area contributed by atoms with Gasteiger partial charge in [-0.1, -0.05) is 0 Å². The van der Waals surface area contributed by atoms with Crippen molar-refractivity contribution in [2.45, 2.75) is 32.2 Å². The fourth-order valence-corrected chi connectivity index (χ4v) is 1.91. The van der Waals surface area contributed by atoms with Crippen LogP contribution in [0.15, 0.2) is 12.3 Å². The summed E-state index contributed by atoms with van der Waals surface area (Å²) in [5.41, 5.74) is 0. The second kappa shape index (κ2) is 5.82. The van der Waals surface area contributed by atoms with Crippen LogP contribution >= 0.6 is 0 Å². The van der Waals surface area contributed by atoms with Crippen molar-refractivity contribution in [3.8, 4) is 0 Å². The van der Waals surface area contributed by atoms with Gasteiger partial charge in [0.1, 0.15) is 5.82 Å². The number of halogens is 3. The van der Waals surface area contributed by atoms with Crippen LogP contribution in [0.4, 0.5) is 24.9 Å². The van der Waals surface area contributed by atoms with Gasteiger partial charge in [0.15, 0.2) is 6.10 Å². The van der Waals surface area contributed by atoms with E-state index in [0.717, 1.165) is 0 Å². The quantitative estimate of drug-likeness (QED) is 0.923. The molecule has 5 nitrogen and oxygen atoms in total. The van der Waals surface area contributed by atoms with Gasteiger partial charge in [0.2, 0.25) is 5.95 Å². The zero-order chi connectivity index (χ0) is 14.8. The van der Waals surface area contributed by atoms with Crippen LogP contribution in [0.25, 0.3) is 0 Å². The van der Waals surface area contributed by atoms with Gasteiger partial charge in [-0.3, -0.25) is 0 Å². The summed E-state index contributed by atoms with van der Waals surface area (Å²) in [6.07, 6.45) is -4.63. The van der Waals surface area contributed by atoms with Gasteiger partial charge in [0.25, 0.3) is 0 Å². The lowest BCUT2D eigenvalue weighted by molar-refractivity contribution is -0.221. The normalized spacial score (nSPS) is 20.3. The highest BCUT2D eigenvalue weighted by molar-refractivity contribution is 5.42. The molecule has 0 spiro atoms. The number of anilines is 2. The van der Waals surface area contributed by atoms with Crippen molar-refractivity contribution in [1.82, 2.24) is 9.97 Å². The summed E-state index contributed by atoms with van der Waals surface area (Å²) < 4.78 is 42.8. The lowest BCUT2D eigenvalue weighted by Gasteiger charge is -2.33. The van der Waals surface area contributed by atoms with Gasteiger partial charge in [-0.05, 0) is 19.9 Å². The van der Waals surface area contributed by atoms with Gasteiger partial charge in [-0.15, -0.1) is 0 Å². The third kappa shape index (κ3) is 3.72. The maximum atomic E-state index is 12.7. The molecule has 0 aromatic carbocycles. The summed E-state index contributed by atoms with van der Waals surface area (Å²) in [5.74, 6) is 0.883. The molecule has 1 unspecified atom stereocenters. The maximum Gasteiger partial charge on any atom is 0.416 e. The molecule has 8 heteroatoms. The second-order valence-electron chi connectivity index (χ2n) is 4.89. The highest BCUT2D eigenvalue weighted by atomic mass is 19.4. The lowest BCUT2D eigenvalue weighted by atomic mass is 10.2. The van der Waals surface area contributed by atoms with Crippen molar-refractivity contribution in [1.29, 1.82) is 0 Å². The molecule has 1 aromatic heterocycles. The Bertz CT molecular complexity index is 453. The molecule has 1 fully saturated rings. The third-order valence-corrected chi connectivity index (χ3v) is 2.79. The highest BCUT2D eigenvalue weighted by Gasteiger charge is 2.43. The first-order valence-corrected chi connectivity index (χ1v) is 6.39. The molecule has 0 saturated carbocycles. The van der Waals surface area contributed by atoms with Crippen LogP contribution in [0.2, 0.25) is 0 Å². The van der Waals surface area contributed by atoms with Crippen LogP contribution in [0.1, 0.15) is 13.8 Å². The molecule has 1 aliphatic rings. The molecule has 20 heavy (non-hydrogen) atoms. The molecule has 1 aromatic rings. The van der Waals surface area contributed by atoms with Crippen LogP contribution in [0.3, 0.4) is 0 Å². The molecule has 0 aliphatic carbocycles. The summed E-state index contributed by atoms with van der Waals surface area (Å²) in [6.45, 7) is 3.98. The van der Waals surface area contributed by atoms with Crippen molar-refractivity contribution in [2.24, 2.45) is 0 Å². The molecule has 2 heterocycles. The minimum Gasteiger partial charge on any atom is -0.368 e. The van der Waals surface area contributed by atoms with Crippen molar-refractivity contribution in [2.75, 3.05) is 29.9 Å². The number of nitrogens with one attached hydrogen (secondary N) is 1. The van der Waals surface area contributed by atoms with Crippen molar-refractivity contribution in [3.05, 3.63) is 12.3 Å². The van der Waals surface area contributed by atoms with Crippen molar-refractivity contribution in [3.63, 3.8) is 0 Å². The van der Waals surface area contributed by atoms with E-state index in [1.807, 2.05) is 13.8 Å². The van der Waals surface area contributed by atoms with E-state index in [0.29, 0.717) is 12.4 Å². The number of hydrogen-bond donors (Lipinski definition) is 1. The largest absolute Gasteiger partial charge is 0.416 e. The number of hydrogen-bond acceptors (Lipinski definition) is 5. The number of nitrogens with zero attached hydrogens (tertiary/aromatic N) is 3. The zero-order valence-electron chi connectivity index (χ0n) is 11.3. The van der Waals surface area contributed by atoms with E-state index in [-0.39, 0.29) is 25.1 Å². The Balaban J connectivity index is 2.11. The molecule has 0 radical (unpaired) electrons. The Morgan fingerprint density at radius 3 is 2.85 bits per heavy atom. The molecule has 112 valence electrons. The summed E-state index contributed by atoms with van der Waals surface area (Å²) >= 11 is 0. The van der Waals surface area contributed by atoms with E-state index in [9.17, 15) is 13.2 Å². The number of morpholine rings is 1. The summed E-state index contributed by atoms with van der Waals surface area (Å²) in [7, 11) is 0. The van der Waals surface area contributed by atoms with E-state index < -0.39 is 12.3 Å². The van der Waals surface area contributed by atoms with Crippen LogP contribution in [0.5, 0.6) is 0 Å². The minimum atomic E-state index is -4.37. The molecule has 0 amide bonds. The predicted octanol–water partition coefficient (Wildman–Crippen LogP) is 2.06. The average molecular weight is 290 g/mol. The Hall–Kier alpha value is -1.57. The number of aromatic nitrogens is 2. The number of alkyl halides is 3. The summed E-state index contributed by atoms with van der Waals surface area (Å²) in [4.78, 5) is 9.77. The third-order valence-electron chi connectivity index (χ3n) is 2.79. The van der Waals surface area contributed by atoms with E-state index in [4.69, 9.17) is 4.74 Å². The first-order valence-electron chi connectivity index (χ1n) is 6.39. The average Bonchev–Trinajstić information content (AvgIpc) is 2.37. The molecular weight excluding hydrogens is 273 g/mol. The second-order valence-corrected chi connectivity index (χ2v) is 4.89. The van der Waals surface area contributed by atoms with E-state index in [1.54, 1.807) is 6.07 Å². The molecule has 1 N–H and O–H groups in total.